The first-order chi connectivity index (χ1) is 9.59. The molecule has 0 radical (unpaired) electrons. The molecule has 0 spiro atoms. The fraction of sp³-hybridized carbons (Fsp3) is 0.684. The fourth-order valence-corrected chi connectivity index (χ4v) is 4.74. The third-order valence-electron chi connectivity index (χ3n) is 6.59. The van der Waals surface area contributed by atoms with Gasteiger partial charge in [0.05, 0.1) is 7.11 Å². The lowest BCUT2D eigenvalue weighted by Crippen LogP contribution is -2.40. The van der Waals surface area contributed by atoms with E-state index in [4.69, 9.17) is 4.74 Å². The zero-order valence-corrected chi connectivity index (χ0v) is 13.4. The van der Waals surface area contributed by atoms with Crippen molar-refractivity contribution in [3.63, 3.8) is 0 Å². The smallest absolute Gasteiger partial charge is 0.119 e. The first-order valence-corrected chi connectivity index (χ1v) is 8.26. The first kappa shape index (κ1) is 14.0. The Hall–Kier alpha value is -0.980. The second-order valence-corrected chi connectivity index (χ2v) is 7.21. The molecule has 0 aliphatic heterocycles. The molecule has 0 heterocycles. The largest absolute Gasteiger partial charge is 0.497 e. The summed E-state index contributed by atoms with van der Waals surface area (Å²) in [6.45, 7) is 7.39. The quantitative estimate of drug-likeness (QED) is 0.720. The van der Waals surface area contributed by atoms with E-state index < -0.39 is 0 Å². The minimum Gasteiger partial charge on any atom is -0.497 e. The Bertz CT molecular complexity index is 493. The molecule has 0 N–H and O–H groups in total. The van der Waals surface area contributed by atoms with Crippen LogP contribution in [0.15, 0.2) is 18.2 Å². The van der Waals surface area contributed by atoms with Crippen molar-refractivity contribution >= 4 is 0 Å². The van der Waals surface area contributed by atoms with Crippen molar-refractivity contribution < 1.29 is 4.74 Å². The van der Waals surface area contributed by atoms with E-state index in [0.29, 0.717) is 5.41 Å². The lowest BCUT2D eigenvalue weighted by molar-refractivity contribution is 0.0411. The summed E-state index contributed by atoms with van der Waals surface area (Å²) in [5, 5.41) is 0. The molecule has 4 unspecified atom stereocenters. The normalized spacial score (nSPS) is 36.1. The molecule has 1 aromatic rings. The maximum Gasteiger partial charge on any atom is 0.119 e. The molecule has 0 amide bonds. The lowest BCUT2D eigenvalue weighted by Gasteiger charge is -2.50. The van der Waals surface area contributed by atoms with Crippen molar-refractivity contribution in [2.24, 2.45) is 17.3 Å². The molecule has 1 saturated carbocycles. The minimum absolute atomic E-state index is 0.561. The molecular weight excluding hydrogens is 244 g/mol. The van der Waals surface area contributed by atoms with E-state index in [0.717, 1.165) is 23.5 Å². The molecule has 3 rings (SSSR count). The number of hydrogen-bond donors (Lipinski definition) is 0. The summed E-state index contributed by atoms with van der Waals surface area (Å²) in [4.78, 5) is 0. The second-order valence-electron chi connectivity index (χ2n) is 7.21. The van der Waals surface area contributed by atoms with Crippen molar-refractivity contribution in [3.05, 3.63) is 29.3 Å². The average Bonchev–Trinajstić information content (AvgIpc) is 2.50. The molecule has 20 heavy (non-hydrogen) atoms. The molecule has 1 heteroatoms. The van der Waals surface area contributed by atoms with Gasteiger partial charge in [-0.3, -0.25) is 0 Å². The molecule has 1 nitrogen and oxygen atoms in total. The van der Waals surface area contributed by atoms with Crippen LogP contribution in [-0.2, 0) is 6.42 Å². The van der Waals surface area contributed by atoms with Crippen LogP contribution < -0.4 is 4.74 Å². The maximum absolute atomic E-state index is 5.39. The molecule has 110 valence electrons. The van der Waals surface area contributed by atoms with Crippen LogP contribution >= 0.6 is 0 Å². The van der Waals surface area contributed by atoms with Crippen LogP contribution in [0, 0.1) is 17.3 Å². The maximum atomic E-state index is 5.39. The zero-order valence-electron chi connectivity index (χ0n) is 13.4. The number of benzene rings is 1. The Labute approximate surface area is 123 Å². The van der Waals surface area contributed by atoms with Gasteiger partial charge in [-0.05, 0) is 72.1 Å². The molecule has 0 saturated heterocycles. The van der Waals surface area contributed by atoms with Gasteiger partial charge >= 0.3 is 0 Å². The van der Waals surface area contributed by atoms with Gasteiger partial charge in [0.15, 0.2) is 0 Å². The SMILES string of the molecule is CCC1(C)CCC2c3ccc(OC)cc3CCC2C1C. The number of fused-ring (bicyclic) bond motifs is 3. The molecule has 1 aromatic carbocycles. The molecule has 0 aromatic heterocycles. The van der Waals surface area contributed by atoms with Crippen LogP contribution in [0.2, 0.25) is 0 Å². The predicted molar refractivity (Wildman–Crippen MR) is 84.3 cm³/mol. The number of hydrogen-bond acceptors (Lipinski definition) is 1. The molecule has 0 bridgehead atoms. The van der Waals surface area contributed by atoms with Crippen molar-refractivity contribution in [1.29, 1.82) is 0 Å². The Morgan fingerprint density at radius 2 is 2.10 bits per heavy atom. The highest BCUT2D eigenvalue weighted by atomic mass is 16.5. The second kappa shape index (κ2) is 5.09. The molecular formula is C19H28O. The highest BCUT2D eigenvalue weighted by Crippen LogP contribution is 2.55. The number of rotatable bonds is 2. The standard InChI is InChI=1S/C19H28O/c1-5-19(3)11-10-18-16(13(19)2)8-6-14-12-15(20-4)7-9-17(14)18/h7,9,12-13,16,18H,5-6,8,10-11H2,1-4H3. The zero-order chi connectivity index (χ0) is 14.3. The van der Waals surface area contributed by atoms with Gasteiger partial charge in [-0.25, -0.2) is 0 Å². The Kier molecular flexibility index (Phi) is 3.56. The van der Waals surface area contributed by atoms with Crippen LogP contribution in [0.5, 0.6) is 5.75 Å². The monoisotopic (exact) mass is 272 g/mol. The van der Waals surface area contributed by atoms with Crippen LogP contribution in [0.1, 0.15) is 63.5 Å². The van der Waals surface area contributed by atoms with E-state index in [-0.39, 0.29) is 0 Å². The van der Waals surface area contributed by atoms with Gasteiger partial charge in [-0.15, -0.1) is 0 Å². The average molecular weight is 272 g/mol. The first-order valence-electron chi connectivity index (χ1n) is 8.26. The van der Waals surface area contributed by atoms with E-state index in [2.05, 4.69) is 39.0 Å². The molecule has 4 atom stereocenters. The molecule has 2 aliphatic rings. The van der Waals surface area contributed by atoms with E-state index in [1.807, 2.05) is 0 Å². The predicted octanol–water partition coefficient (Wildman–Crippen LogP) is 5.19. The van der Waals surface area contributed by atoms with E-state index in [9.17, 15) is 0 Å². The van der Waals surface area contributed by atoms with Gasteiger partial charge in [-0.1, -0.05) is 33.3 Å². The van der Waals surface area contributed by atoms with Gasteiger partial charge in [0.1, 0.15) is 5.75 Å². The van der Waals surface area contributed by atoms with Gasteiger partial charge in [-0.2, -0.15) is 0 Å². The Morgan fingerprint density at radius 1 is 1.30 bits per heavy atom. The van der Waals surface area contributed by atoms with Gasteiger partial charge in [0.25, 0.3) is 0 Å². The fourth-order valence-electron chi connectivity index (χ4n) is 4.74. The highest BCUT2D eigenvalue weighted by molar-refractivity contribution is 5.40. The van der Waals surface area contributed by atoms with Crippen molar-refractivity contribution in [1.82, 2.24) is 0 Å². The topological polar surface area (TPSA) is 9.23 Å². The number of methoxy groups -OCH3 is 1. The van der Waals surface area contributed by atoms with Crippen molar-refractivity contribution in [3.8, 4) is 5.75 Å². The van der Waals surface area contributed by atoms with Gasteiger partial charge < -0.3 is 4.74 Å². The summed E-state index contributed by atoms with van der Waals surface area (Å²) in [6.07, 6.45) is 6.68. The molecule has 1 fully saturated rings. The Balaban J connectivity index is 1.92. The summed E-state index contributed by atoms with van der Waals surface area (Å²) in [7, 11) is 1.77. The summed E-state index contributed by atoms with van der Waals surface area (Å²) >= 11 is 0. The third-order valence-corrected chi connectivity index (χ3v) is 6.59. The summed E-state index contributed by atoms with van der Waals surface area (Å²) < 4.78 is 5.39. The third kappa shape index (κ3) is 2.06. The Morgan fingerprint density at radius 3 is 2.80 bits per heavy atom. The summed E-state index contributed by atoms with van der Waals surface area (Å²) in [6, 6.07) is 6.76. The van der Waals surface area contributed by atoms with Gasteiger partial charge in [0, 0.05) is 0 Å². The van der Waals surface area contributed by atoms with Crippen LogP contribution in [0.4, 0.5) is 0 Å². The van der Waals surface area contributed by atoms with Crippen LogP contribution in [0.25, 0.3) is 0 Å². The van der Waals surface area contributed by atoms with Crippen molar-refractivity contribution in [2.45, 2.75) is 58.8 Å². The van der Waals surface area contributed by atoms with Crippen molar-refractivity contribution in [2.75, 3.05) is 7.11 Å². The van der Waals surface area contributed by atoms with Gasteiger partial charge in [0.2, 0.25) is 0 Å². The highest BCUT2D eigenvalue weighted by Gasteiger charge is 2.44. The number of aryl methyl sites for hydroxylation is 1. The number of ether oxygens (including phenoxy) is 1. The molecule has 2 aliphatic carbocycles. The minimum atomic E-state index is 0.561. The van der Waals surface area contributed by atoms with E-state index in [1.165, 1.54) is 37.7 Å². The summed E-state index contributed by atoms with van der Waals surface area (Å²) in [5.41, 5.74) is 3.72. The van der Waals surface area contributed by atoms with E-state index >= 15 is 0 Å². The van der Waals surface area contributed by atoms with E-state index in [1.54, 1.807) is 12.7 Å². The summed E-state index contributed by atoms with van der Waals surface area (Å²) in [5.74, 6) is 3.54. The van der Waals surface area contributed by atoms with Crippen LogP contribution in [0.3, 0.4) is 0 Å². The van der Waals surface area contributed by atoms with Crippen LogP contribution in [-0.4, -0.2) is 7.11 Å². The lowest BCUT2D eigenvalue weighted by atomic mass is 9.54.